The Kier molecular flexibility index (Phi) is 5.82. The number of sulfonamides is 1. The van der Waals surface area contributed by atoms with E-state index in [9.17, 15) is 8.42 Å². The third-order valence-corrected chi connectivity index (χ3v) is 6.98. The van der Waals surface area contributed by atoms with E-state index in [1.165, 1.54) is 0 Å². The summed E-state index contributed by atoms with van der Waals surface area (Å²) >= 11 is 0. The molecule has 0 aliphatic carbocycles. The van der Waals surface area contributed by atoms with E-state index in [1.54, 1.807) is 54.4 Å². The fourth-order valence-electron chi connectivity index (χ4n) is 3.86. The van der Waals surface area contributed by atoms with Crippen molar-refractivity contribution in [3.63, 3.8) is 0 Å². The van der Waals surface area contributed by atoms with E-state index in [2.05, 4.69) is 9.82 Å². The Balaban J connectivity index is 1.79. The molecule has 4 aromatic rings. The number of methoxy groups -OCH3 is 1. The van der Waals surface area contributed by atoms with Crippen molar-refractivity contribution in [1.82, 2.24) is 9.78 Å². The predicted molar refractivity (Wildman–Crippen MR) is 130 cm³/mol. The maximum atomic E-state index is 13.4. The Bertz CT molecular complexity index is 1460. The van der Waals surface area contributed by atoms with Crippen LogP contribution in [0, 0.1) is 12.3 Å². The number of nitrogens with zero attached hydrogens (tertiary/aromatic N) is 2. The van der Waals surface area contributed by atoms with Crippen LogP contribution in [0.15, 0.2) is 71.8 Å². The molecule has 9 heteroatoms. The second kappa shape index (κ2) is 8.59. The summed E-state index contributed by atoms with van der Waals surface area (Å²) in [6.07, 6.45) is 1.69. The highest BCUT2D eigenvalue weighted by Gasteiger charge is 2.23. The molecule has 0 aliphatic rings. The smallest absolute Gasteiger partial charge is 0.261 e. The number of fused-ring (bicyclic) bond motifs is 1. The molecule has 4 N–H and O–H groups in total. The van der Waals surface area contributed by atoms with Gasteiger partial charge in [0.2, 0.25) is 0 Å². The predicted octanol–water partition coefficient (Wildman–Crippen LogP) is 4.05. The van der Waals surface area contributed by atoms with Gasteiger partial charge in [-0.25, -0.2) is 8.42 Å². The highest BCUT2D eigenvalue weighted by molar-refractivity contribution is 7.92. The minimum absolute atomic E-state index is 0.104. The lowest BCUT2D eigenvalue weighted by molar-refractivity contribution is 0.415. The first-order chi connectivity index (χ1) is 15.7. The Morgan fingerprint density at radius 2 is 1.85 bits per heavy atom. The number of rotatable bonds is 7. The molecule has 0 fully saturated rings. The number of aromatic nitrogens is 2. The first-order valence-electron chi connectivity index (χ1n) is 10.3. The van der Waals surface area contributed by atoms with Crippen LogP contribution in [0.3, 0.4) is 0 Å². The zero-order chi connectivity index (χ0) is 23.8. The molecule has 1 unspecified atom stereocenters. The molecule has 1 aromatic heterocycles. The highest BCUT2D eigenvalue weighted by atomic mass is 32.2. The van der Waals surface area contributed by atoms with Crippen molar-refractivity contribution in [2.75, 3.05) is 11.8 Å². The maximum Gasteiger partial charge on any atom is 0.261 e. The van der Waals surface area contributed by atoms with E-state index in [1.807, 2.05) is 38.1 Å². The van der Waals surface area contributed by atoms with Crippen LogP contribution in [0.25, 0.3) is 10.8 Å². The van der Waals surface area contributed by atoms with Crippen molar-refractivity contribution in [3.05, 3.63) is 83.7 Å². The standard InChI is InChI=1S/C24H25N5O3S/c1-15-11-12-27-29(15)16(2)21-5-4-6-22(24(25)26)23(21)28-33(30,31)20-10-8-17-13-19(32-3)9-7-18(17)14-20/h4-14,16,28H,1-3H3,(H3,25,26). The van der Waals surface area contributed by atoms with E-state index in [0.29, 0.717) is 16.9 Å². The zero-order valence-electron chi connectivity index (χ0n) is 18.5. The summed E-state index contributed by atoms with van der Waals surface area (Å²) in [4.78, 5) is 0.104. The van der Waals surface area contributed by atoms with Gasteiger partial charge < -0.3 is 10.5 Å². The van der Waals surface area contributed by atoms with Gasteiger partial charge in [0.15, 0.2) is 0 Å². The van der Waals surface area contributed by atoms with Gasteiger partial charge in [0, 0.05) is 23.0 Å². The maximum absolute atomic E-state index is 13.4. The minimum atomic E-state index is -3.97. The molecule has 0 bridgehead atoms. The van der Waals surface area contributed by atoms with Gasteiger partial charge in [0.1, 0.15) is 11.6 Å². The van der Waals surface area contributed by atoms with Crippen LogP contribution in [-0.2, 0) is 10.0 Å². The molecule has 0 amide bonds. The minimum Gasteiger partial charge on any atom is -0.497 e. The number of ether oxygens (including phenoxy) is 1. The fraction of sp³-hybridized carbons (Fsp3) is 0.167. The van der Waals surface area contributed by atoms with Crippen LogP contribution in [-0.4, -0.2) is 31.1 Å². The molecule has 0 saturated heterocycles. The number of hydrogen-bond acceptors (Lipinski definition) is 5. The van der Waals surface area contributed by atoms with Crippen LogP contribution in [0.5, 0.6) is 5.75 Å². The molecule has 33 heavy (non-hydrogen) atoms. The van der Waals surface area contributed by atoms with Crippen LogP contribution >= 0.6 is 0 Å². The molecule has 8 nitrogen and oxygen atoms in total. The lowest BCUT2D eigenvalue weighted by Gasteiger charge is -2.22. The van der Waals surface area contributed by atoms with Gasteiger partial charge in [-0.2, -0.15) is 5.10 Å². The van der Waals surface area contributed by atoms with E-state index < -0.39 is 10.0 Å². The molecule has 1 atom stereocenters. The summed E-state index contributed by atoms with van der Waals surface area (Å²) in [5.41, 5.74) is 7.96. The van der Waals surface area contributed by atoms with Crippen molar-refractivity contribution in [2.45, 2.75) is 24.8 Å². The molecule has 170 valence electrons. The third-order valence-electron chi connectivity index (χ3n) is 5.64. The number of nitrogen functional groups attached to an aromatic ring is 1. The highest BCUT2D eigenvalue weighted by Crippen LogP contribution is 2.32. The van der Waals surface area contributed by atoms with Crippen molar-refractivity contribution in [3.8, 4) is 5.75 Å². The first kappa shape index (κ1) is 22.3. The molecule has 1 heterocycles. The number of hydrogen-bond donors (Lipinski definition) is 3. The van der Waals surface area contributed by atoms with Crippen LogP contribution in [0.2, 0.25) is 0 Å². The monoisotopic (exact) mass is 463 g/mol. The van der Waals surface area contributed by atoms with Crippen molar-refractivity contribution >= 4 is 32.3 Å². The van der Waals surface area contributed by atoms with Gasteiger partial charge >= 0.3 is 0 Å². The molecular weight excluding hydrogens is 438 g/mol. The van der Waals surface area contributed by atoms with E-state index in [-0.39, 0.29) is 22.5 Å². The molecule has 0 aliphatic heterocycles. The topological polar surface area (TPSA) is 123 Å². The summed E-state index contributed by atoms with van der Waals surface area (Å²) < 4.78 is 36.5. The molecule has 0 radical (unpaired) electrons. The van der Waals surface area contributed by atoms with Crippen LogP contribution in [0.1, 0.15) is 29.8 Å². The Morgan fingerprint density at radius 3 is 2.52 bits per heavy atom. The molecular formula is C24H25N5O3S. The number of anilines is 1. The Labute approximate surface area is 192 Å². The second-order valence-corrected chi connectivity index (χ2v) is 9.44. The lowest BCUT2D eigenvalue weighted by atomic mass is 10.0. The zero-order valence-corrected chi connectivity index (χ0v) is 19.3. The van der Waals surface area contributed by atoms with E-state index >= 15 is 0 Å². The summed E-state index contributed by atoms with van der Waals surface area (Å²) in [6.45, 7) is 3.84. The Hall–Kier alpha value is -3.85. The van der Waals surface area contributed by atoms with Gasteiger partial charge in [-0.15, -0.1) is 0 Å². The average Bonchev–Trinajstić information content (AvgIpc) is 3.23. The number of amidine groups is 1. The largest absolute Gasteiger partial charge is 0.497 e. The average molecular weight is 464 g/mol. The lowest BCUT2D eigenvalue weighted by Crippen LogP contribution is -2.22. The van der Waals surface area contributed by atoms with Gasteiger partial charge in [0.05, 0.1) is 23.7 Å². The van der Waals surface area contributed by atoms with Gasteiger partial charge in [-0.1, -0.05) is 24.3 Å². The summed E-state index contributed by atoms with van der Waals surface area (Å²) in [6, 6.07) is 17.1. The second-order valence-electron chi connectivity index (χ2n) is 7.76. The fourth-order valence-corrected chi connectivity index (χ4v) is 5.01. The van der Waals surface area contributed by atoms with E-state index in [4.69, 9.17) is 15.9 Å². The van der Waals surface area contributed by atoms with Crippen molar-refractivity contribution in [1.29, 1.82) is 5.41 Å². The van der Waals surface area contributed by atoms with Gasteiger partial charge in [0.25, 0.3) is 10.0 Å². The Morgan fingerprint density at radius 1 is 1.12 bits per heavy atom. The quantitative estimate of drug-likeness (QED) is 0.282. The van der Waals surface area contributed by atoms with E-state index in [0.717, 1.165) is 16.5 Å². The van der Waals surface area contributed by atoms with Gasteiger partial charge in [-0.05, 0) is 61.0 Å². The molecule has 3 aromatic carbocycles. The number of nitrogens with one attached hydrogen (secondary N) is 2. The summed E-state index contributed by atoms with van der Waals surface area (Å²) in [5, 5.41) is 14.0. The SMILES string of the molecule is COc1ccc2cc(S(=O)(=O)Nc3c(C(=N)N)cccc3C(C)n3nccc3C)ccc2c1. The molecule has 0 saturated carbocycles. The normalized spacial score (nSPS) is 12.5. The van der Waals surface area contributed by atoms with Crippen molar-refractivity contribution in [2.24, 2.45) is 5.73 Å². The number of nitrogens with two attached hydrogens (primary N) is 1. The molecule has 4 rings (SSSR count). The summed E-state index contributed by atoms with van der Waals surface area (Å²) in [5.74, 6) is 0.462. The van der Waals surface area contributed by atoms with Gasteiger partial charge in [-0.3, -0.25) is 14.8 Å². The number of benzene rings is 3. The van der Waals surface area contributed by atoms with Crippen LogP contribution < -0.4 is 15.2 Å². The third kappa shape index (κ3) is 4.27. The summed E-state index contributed by atoms with van der Waals surface area (Å²) in [7, 11) is -2.39. The first-order valence-corrected chi connectivity index (χ1v) is 11.8. The number of para-hydroxylation sites is 1. The molecule has 0 spiro atoms. The number of aryl methyl sites for hydroxylation is 1. The van der Waals surface area contributed by atoms with Crippen LogP contribution in [0.4, 0.5) is 5.69 Å². The van der Waals surface area contributed by atoms with Crippen molar-refractivity contribution < 1.29 is 13.2 Å².